The number of hydrogen-bond donors (Lipinski definition) is 0. The summed E-state index contributed by atoms with van der Waals surface area (Å²) in [5.41, 5.74) is 8.19. The highest BCUT2D eigenvalue weighted by molar-refractivity contribution is 5.99. The monoisotopic (exact) mass is 535 g/mol. The Morgan fingerprint density at radius 3 is 1.52 bits per heavy atom. The van der Waals surface area contributed by atoms with E-state index in [4.69, 9.17) is 9.97 Å². The zero-order valence-electron chi connectivity index (χ0n) is 22.8. The summed E-state index contributed by atoms with van der Waals surface area (Å²) < 4.78 is 0. The Morgan fingerprint density at radius 2 is 0.881 bits per heavy atom. The molecule has 2 heterocycles. The van der Waals surface area contributed by atoms with Crippen LogP contribution in [0.25, 0.3) is 77.5 Å². The number of rotatable bonds is 4. The van der Waals surface area contributed by atoms with Gasteiger partial charge in [-0.2, -0.15) is 0 Å². The quantitative estimate of drug-likeness (QED) is 0.225. The van der Waals surface area contributed by atoms with Gasteiger partial charge in [0.05, 0.1) is 16.9 Å². The number of aromatic nitrogens is 3. The van der Waals surface area contributed by atoms with Crippen molar-refractivity contribution in [1.82, 2.24) is 15.0 Å². The van der Waals surface area contributed by atoms with Crippen LogP contribution in [0.3, 0.4) is 0 Å². The second kappa shape index (κ2) is 10.1. The lowest BCUT2D eigenvalue weighted by atomic mass is 9.98. The van der Waals surface area contributed by atoms with Gasteiger partial charge in [-0.25, -0.2) is 9.97 Å². The molecule has 3 nitrogen and oxygen atoms in total. The van der Waals surface area contributed by atoms with Crippen molar-refractivity contribution < 1.29 is 0 Å². The first kappa shape index (κ1) is 24.2. The molecule has 0 atom stereocenters. The molecule has 0 aliphatic carbocycles. The predicted octanol–water partition coefficient (Wildman–Crippen LogP) is 10.00. The molecule has 0 bridgehead atoms. The fourth-order valence-electron chi connectivity index (χ4n) is 5.89. The van der Waals surface area contributed by atoms with Crippen molar-refractivity contribution in [3.05, 3.63) is 152 Å². The third-order valence-electron chi connectivity index (χ3n) is 7.94. The normalized spacial score (nSPS) is 11.3. The molecule has 2 aromatic heterocycles. The maximum absolute atomic E-state index is 5.16. The molecule has 6 aromatic carbocycles. The molecule has 8 aromatic rings. The van der Waals surface area contributed by atoms with Crippen molar-refractivity contribution in [2.24, 2.45) is 0 Å². The fraction of sp³-hybridized carbons (Fsp3) is 0. The van der Waals surface area contributed by atoms with Gasteiger partial charge in [0, 0.05) is 33.8 Å². The molecule has 0 saturated carbocycles. The summed E-state index contributed by atoms with van der Waals surface area (Å²) in [7, 11) is 0. The molecule has 0 N–H and O–H groups in total. The number of para-hydroxylation sites is 1. The summed E-state index contributed by atoms with van der Waals surface area (Å²) in [4.78, 5) is 15.0. The molecule has 196 valence electrons. The van der Waals surface area contributed by atoms with Crippen LogP contribution in [-0.4, -0.2) is 15.0 Å². The van der Waals surface area contributed by atoms with Crippen LogP contribution in [0.5, 0.6) is 0 Å². The third kappa shape index (κ3) is 4.20. The maximum atomic E-state index is 5.16. The first-order chi connectivity index (χ1) is 20.8. The Labute approximate surface area is 243 Å². The van der Waals surface area contributed by atoms with Gasteiger partial charge in [0.1, 0.15) is 0 Å². The van der Waals surface area contributed by atoms with E-state index in [1.807, 2.05) is 12.3 Å². The van der Waals surface area contributed by atoms with Crippen LogP contribution < -0.4 is 0 Å². The van der Waals surface area contributed by atoms with E-state index in [9.17, 15) is 0 Å². The molecule has 0 radical (unpaired) electrons. The molecule has 3 heteroatoms. The van der Waals surface area contributed by atoms with Crippen LogP contribution in [0.4, 0.5) is 0 Å². The molecule has 0 amide bonds. The molecule has 0 spiro atoms. The van der Waals surface area contributed by atoms with E-state index in [0.717, 1.165) is 50.1 Å². The number of nitrogens with zero attached hydrogens (tertiary/aromatic N) is 3. The lowest BCUT2D eigenvalue weighted by molar-refractivity contribution is 1.19. The Kier molecular flexibility index (Phi) is 5.79. The average Bonchev–Trinajstić information content (AvgIpc) is 3.07. The van der Waals surface area contributed by atoms with E-state index in [1.165, 1.54) is 21.5 Å². The standard InChI is InChI=1S/C39H25N3/c1-3-15-31-26(9-1)11-5-18-34(31)36-25-37(35-19-6-12-27-10-2-4-16-32(27)35)42-39(41-36)30-22-20-28(21-23-30)33-17-7-13-29-14-8-24-40-38(29)33/h1-25H. The Bertz CT molecular complexity index is 2140. The molecule has 0 fully saturated rings. The van der Waals surface area contributed by atoms with Crippen molar-refractivity contribution in [3.63, 3.8) is 0 Å². The van der Waals surface area contributed by atoms with Gasteiger partial charge in [-0.1, -0.05) is 133 Å². The lowest BCUT2D eigenvalue weighted by Gasteiger charge is -2.13. The maximum Gasteiger partial charge on any atom is 0.160 e. The summed E-state index contributed by atoms with van der Waals surface area (Å²) in [6.07, 6.45) is 1.85. The molecular weight excluding hydrogens is 510 g/mol. The highest BCUT2D eigenvalue weighted by atomic mass is 14.9. The Balaban J connectivity index is 1.31. The summed E-state index contributed by atoms with van der Waals surface area (Å²) in [5, 5.41) is 5.86. The summed E-state index contributed by atoms with van der Waals surface area (Å²) in [5.74, 6) is 0.700. The Hall–Kier alpha value is -5.67. The zero-order valence-corrected chi connectivity index (χ0v) is 22.8. The van der Waals surface area contributed by atoms with Gasteiger partial charge in [0.2, 0.25) is 0 Å². The third-order valence-corrected chi connectivity index (χ3v) is 7.94. The van der Waals surface area contributed by atoms with Crippen LogP contribution in [0.15, 0.2) is 152 Å². The molecule has 0 saturated heterocycles. The van der Waals surface area contributed by atoms with Gasteiger partial charge in [-0.05, 0) is 39.2 Å². The van der Waals surface area contributed by atoms with Crippen molar-refractivity contribution in [2.75, 3.05) is 0 Å². The first-order valence-corrected chi connectivity index (χ1v) is 14.1. The minimum atomic E-state index is 0.700. The van der Waals surface area contributed by atoms with E-state index in [0.29, 0.717) is 5.82 Å². The zero-order chi connectivity index (χ0) is 27.9. The minimum Gasteiger partial charge on any atom is -0.256 e. The van der Waals surface area contributed by atoms with Crippen molar-refractivity contribution in [3.8, 4) is 45.0 Å². The summed E-state index contributed by atoms with van der Waals surface area (Å²) in [6, 6.07) is 50.8. The number of fused-ring (bicyclic) bond motifs is 3. The first-order valence-electron chi connectivity index (χ1n) is 14.1. The second-order valence-corrected chi connectivity index (χ2v) is 10.5. The van der Waals surface area contributed by atoms with Crippen LogP contribution in [0.2, 0.25) is 0 Å². The molecule has 0 unspecified atom stereocenters. The molecular formula is C39H25N3. The SMILES string of the molecule is c1ccc2c(-c3cc(-c4cccc5ccccc45)nc(-c4ccc(-c5cccc6cccnc56)cc4)n3)cccc2c1. The molecule has 8 rings (SSSR count). The van der Waals surface area contributed by atoms with E-state index in [-0.39, 0.29) is 0 Å². The van der Waals surface area contributed by atoms with Crippen LogP contribution in [0.1, 0.15) is 0 Å². The van der Waals surface area contributed by atoms with Gasteiger partial charge in [0.25, 0.3) is 0 Å². The smallest absolute Gasteiger partial charge is 0.160 e. The van der Waals surface area contributed by atoms with Gasteiger partial charge in [0.15, 0.2) is 5.82 Å². The molecule has 42 heavy (non-hydrogen) atoms. The summed E-state index contributed by atoms with van der Waals surface area (Å²) >= 11 is 0. The van der Waals surface area contributed by atoms with Crippen molar-refractivity contribution >= 4 is 32.4 Å². The van der Waals surface area contributed by atoms with Crippen LogP contribution in [0, 0.1) is 0 Å². The van der Waals surface area contributed by atoms with E-state index < -0.39 is 0 Å². The topological polar surface area (TPSA) is 38.7 Å². The second-order valence-electron chi connectivity index (χ2n) is 10.5. The highest BCUT2D eigenvalue weighted by Crippen LogP contribution is 2.35. The van der Waals surface area contributed by atoms with Gasteiger partial charge in [-0.3, -0.25) is 4.98 Å². The largest absolute Gasteiger partial charge is 0.256 e. The van der Waals surface area contributed by atoms with Gasteiger partial charge in [-0.15, -0.1) is 0 Å². The predicted molar refractivity (Wildman–Crippen MR) is 174 cm³/mol. The van der Waals surface area contributed by atoms with E-state index in [2.05, 4.69) is 145 Å². The highest BCUT2D eigenvalue weighted by Gasteiger charge is 2.15. The molecule has 0 aliphatic rings. The van der Waals surface area contributed by atoms with Crippen LogP contribution in [-0.2, 0) is 0 Å². The van der Waals surface area contributed by atoms with Crippen molar-refractivity contribution in [2.45, 2.75) is 0 Å². The fourth-order valence-corrected chi connectivity index (χ4v) is 5.89. The number of hydrogen-bond acceptors (Lipinski definition) is 3. The van der Waals surface area contributed by atoms with Crippen LogP contribution >= 0.6 is 0 Å². The average molecular weight is 536 g/mol. The van der Waals surface area contributed by atoms with Crippen molar-refractivity contribution in [1.29, 1.82) is 0 Å². The van der Waals surface area contributed by atoms with Gasteiger partial charge >= 0.3 is 0 Å². The van der Waals surface area contributed by atoms with E-state index in [1.54, 1.807) is 0 Å². The minimum absolute atomic E-state index is 0.700. The number of benzene rings is 6. The Morgan fingerprint density at radius 1 is 0.381 bits per heavy atom. The van der Waals surface area contributed by atoms with E-state index >= 15 is 0 Å². The van der Waals surface area contributed by atoms with Gasteiger partial charge < -0.3 is 0 Å². The lowest BCUT2D eigenvalue weighted by Crippen LogP contribution is -1.97. The molecule has 0 aliphatic heterocycles. The summed E-state index contributed by atoms with van der Waals surface area (Å²) in [6.45, 7) is 0. The number of pyridine rings is 1.